The average Bonchev–Trinajstić information content (AvgIpc) is 2.32. The molecule has 0 amide bonds. The van der Waals surface area contributed by atoms with Crippen LogP contribution in [0.4, 0.5) is 0 Å². The molecule has 3 nitrogen and oxygen atoms in total. The molecule has 1 rings (SSSR count). The molecule has 0 saturated carbocycles. The van der Waals surface area contributed by atoms with Gasteiger partial charge in [-0.1, -0.05) is 0 Å². The Bertz CT molecular complexity index is 273. The number of hydrogen-bond donors (Lipinski definition) is 2. The van der Waals surface area contributed by atoms with Gasteiger partial charge in [0.15, 0.2) is 0 Å². The fraction of sp³-hybridized carbons (Fsp3) is 0.375. The van der Waals surface area contributed by atoms with Crippen LogP contribution in [0.25, 0.3) is 0 Å². The first-order valence-electron chi connectivity index (χ1n) is 3.56. The van der Waals surface area contributed by atoms with E-state index in [2.05, 4.69) is 5.32 Å². The summed E-state index contributed by atoms with van der Waals surface area (Å²) in [6.45, 7) is 2.02. The van der Waals surface area contributed by atoms with E-state index in [9.17, 15) is 0 Å². The van der Waals surface area contributed by atoms with Crippen molar-refractivity contribution in [2.24, 2.45) is 7.05 Å². The van der Waals surface area contributed by atoms with Gasteiger partial charge in [0.2, 0.25) is 0 Å². The van der Waals surface area contributed by atoms with Gasteiger partial charge in [0, 0.05) is 19.8 Å². The van der Waals surface area contributed by atoms with Crippen molar-refractivity contribution in [1.29, 1.82) is 5.41 Å². The molecule has 0 saturated heterocycles. The van der Waals surface area contributed by atoms with E-state index in [0.29, 0.717) is 5.84 Å². The quantitative estimate of drug-likeness (QED) is 0.454. The molecular formula is C8H13N3. The molecule has 1 aromatic heterocycles. The lowest BCUT2D eigenvalue weighted by atomic mass is 10.4. The summed E-state index contributed by atoms with van der Waals surface area (Å²) >= 11 is 0. The zero-order valence-corrected chi connectivity index (χ0v) is 7.10. The Hall–Kier alpha value is -1.25. The van der Waals surface area contributed by atoms with Crippen molar-refractivity contribution in [3.63, 3.8) is 0 Å². The van der Waals surface area contributed by atoms with Crippen LogP contribution >= 0.6 is 0 Å². The highest BCUT2D eigenvalue weighted by Crippen LogP contribution is 2.04. The maximum absolute atomic E-state index is 7.50. The highest BCUT2D eigenvalue weighted by Gasteiger charge is 2.03. The molecule has 0 fully saturated rings. The number of nitrogens with one attached hydrogen (secondary N) is 2. The van der Waals surface area contributed by atoms with Crippen molar-refractivity contribution in [3.8, 4) is 0 Å². The van der Waals surface area contributed by atoms with E-state index < -0.39 is 0 Å². The molecule has 60 valence electrons. The Morgan fingerprint density at radius 1 is 1.55 bits per heavy atom. The molecule has 0 aliphatic carbocycles. The highest BCUT2D eigenvalue weighted by molar-refractivity contribution is 5.94. The molecule has 0 atom stereocenters. The first kappa shape index (κ1) is 7.85. The van der Waals surface area contributed by atoms with E-state index in [0.717, 1.165) is 5.69 Å². The van der Waals surface area contributed by atoms with Crippen LogP contribution in [0.5, 0.6) is 0 Å². The fourth-order valence-corrected chi connectivity index (χ4v) is 0.992. The van der Waals surface area contributed by atoms with Gasteiger partial charge in [-0.05, 0) is 19.1 Å². The number of aromatic nitrogens is 1. The van der Waals surface area contributed by atoms with Crippen LogP contribution in [0, 0.1) is 12.3 Å². The molecule has 2 N–H and O–H groups in total. The van der Waals surface area contributed by atoms with Crippen molar-refractivity contribution in [2.75, 3.05) is 7.05 Å². The first-order chi connectivity index (χ1) is 5.16. The molecule has 0 aromatic carbocycles. The largest absolute Gasteiger partial charge is 0.372 e. The fourth-order valence-electron chi connectivity index (χ4n) is 0.992. The molecule has 0 radical (unpaired) electrons. The molecular weight excluding hydrogens is 138 g/mol. The van der Waals surface area contributed by atoms with E-state index >= 15 is 0 Å². The third-order valence-electron chi connectivity index (χ3n) is 1.88. The maximum atomic E-state index is 7.50. The normalized spacial score (nSPS) is 9.73. The second-order valence-corrected chi connectivity index (χ2v) is 2.54. The summed E-state index contributed by atoms with van der Waals surface area (Å²) in [7, 11) is 3.71. The lowest BCUT2D eigenvalue weighted by molar-refractivity contribution is 0.861. The van der Waals surface area contributed by atoms with Gasteiger partial charge in [-0.15, -0.1) is 0 Å². The van der Waals surface area contributed by atoms with E-state index in [4.69, 9.17) is 5.41 Å². The van der Waals surface area contributed by atoms with Gasteiger partial charge in [0.1, 0.15) is 5.84 Å². The lowest BCUT2D eigenvalue weighted by Crippen LogP contribution is -2.20. The Morgan fingerprint density at radius 3 is 2.55 bits per heavy atom. The van der Waals surface area contributed by atoms with Crippen LogP contribution in [-0.2, 0) is 7.05 Å². The van der Waals surface area contributed by atoms with Gasteiger partial charge in [-0.2, -0.15) is 0 Å². The van der Waals surface area contributed by atoms with Crippen molar-refractivity contribution in [2.45, 2.75) is 6.92 Å². The molecule has 0 unspecified atom stereocenters. The number of hydrogen-bond acceptors (Lipinski definition) is 1. The van der Waals surface area contributed by atoms with Crippen LogP contribution < -0.4 is 5.32 Å². The smallest absolute Gasteiger partial charge is 0.142 e. The number of rotatable bonds is 1. The number of amidine groups is 1. The molecule has 0 aliphatic heterocycles. The predicted molar refractivity (Wildman–Crippen MR) is 46.0 cm³/mol. The summed E-state index contributed by atoms with van der Waals surface area (Å²) in [5, 5.41) is 10.3. The Kier molecular flexibility index (Phi) is 1.98. The van der Waals surface area contributed by atoms with Gasteiger partial charge < -0.3 is 9.88 Å². The first-order valence-corrected chi connectivity index (χ1v) is 3.56. The van der Waals surface area contributed by atoms with Crippen LogP contribution in [0.1, 0.15) is 11.4 Å². The zero-order valence-electron chi connectivity index (χ0n) is 7.10. The Labute approximate surface area is 66.5 Å². The van der Waals surface area contributed by atoms with Gasteiger partial charge in [-0.25, -0.2) is 0 Å². The van der Waals surface area contributed by atoms with Gasteiger partial charge in [0.05, 0.1) is 5.69 Å². The SMILES string of the molecule is CNC(=N)c1ccc(C)n1C. The minimum absolute atomic E-state index is 0.459. The monoisotopic (exact) mass is 151 g/mol. The minimum atomic E-state index is 0.459. The summed E-state index contributed by atoms with van der Waals surface area (Å²) in [4.78, 5) is 0. The minimum Gasteiger partial charge on any atom is -0.372 e. The van der Waals surface area contributed by atoms with Crippen LogP contribution in [0.15, 0.2) is 12.1 Å². The summed E-state index contributed by atoms with van der Waals surface area (Å²) in [5.74, 6) is 0.459. The third-order valence-corrected chi connectivity index (χ3v) is 1.88. The molecule has 1 heterocycles. The van der Waals surface area contributed by atoms with Crippen molar-refractivity contribution in [3.05, 3.63) is 23.5 Å². The lowest BCUT2D eigenvalue weighted by Gasteiger charge is -2.05. The molecule has 1 aromatic rings. The standard InChI is InChI=1S/C8H13N3/c1-6-4-5-7(11(6)3)8(9)10-2/h4-5H,1-3H3,(H2,9,10). The summed E-state index contributed by atoms with van der Waals surface area (Å²) < 4.78 is 1.98. The van der Waals surface area contributed by atoms with Crippen molar-refractivity contribution < 1.29 is 0 Å². The Balaban J connectivity index is 3.04. The molecule has 0 spiro atoms. The second kappa shape index (κ2) is 2.78. The van der Waals surface area contributed by atoms with Crippen LogP contribution in [0.3, 0.4) is 0 Å². The summed E-state index contributed by atoms with van der Waals surface area (Å²) in [6, 6.07) is 3.94. The number of nitrogens with zero attached hydrogens (tertiary/aromatic N) is 1. The summed E-state index contributed by atoms with van der Waals surface area (Å²) in [5.41, 5.74) is 2.09. The molecule has 11 heavy (non-hydrogen) atoms. The molecule has 0 bridgehead atoms. The predicted octanol–water partition coefficient (Wildman–Crippen LogP) is 0.878. The van der Waals surface area contributed by atoms with Gasteiger partial charge in [0.25, 0.3) is 0 Å². The molecule has 0 aliphatic rings. The van der Waals surface area contributed by atoms with Crippen LogP contribution in [0.2, 0.25) is 0 Å². The van der Waals surface area contributed by atoms with Crippen LogP contribution in [-0.4, -0.2) is 17.5 Å². The van der Waals surface area contributed by atoms with Gasteiger partial charge >= 0.3 is 0 Å². The molecule has 3 heteroatoms. The maximum Gasteiger partial charge on any atom is 0.142 e. The number of aryl methyl sites for hydroxylation is 1. The average molecular weight is 151 g/mol. The van der Waals surface area contributed by atoms with Crippen molar-refractivity contribution >= 4 is 5.84 Å². The van der Waals surface area contributed by atoms with E-state index in [1.807, 2.05) is 30.7 Å². The Morgan fingerprint density at radius 2 is 2.18 bits per heavy atom. The zero-order chi connectivity index (χ0) is 8.43. The van der Waals surface area contributed by atoms with E-state index in [1.54, 1.807) is 7.05 Å². The van der Waals surface area contributed by atoms with Crippen molar-refractivity contribution in [1.82, 2.24) is 9.88 Å². The topological polar surface area (TPSA) is 40.8 Å². The summed E-state index contributed by atoms with van der Waals surface area (Å²) in [6.07, 6.45) is 0. The van der Waals surface area contributed by atoms with E-state index in [-0.39, 0.29) is 0 Å². The third kappa shape index (κ3) is 1.27. The highest BCUT2D eigenvalue weighted by atomic mass is 15.0. The van der Waals surface area contributed by atoms with Gasteiger partial charge in [-0.3, -0.25) is 5.41 Å². The van der Waals surface area contributed by atoms with E-state index in [1.165, 1.54) is 5.69 Å². The second-order valence-electron chi connectivity index (χ2n) is 2.54.